The zero-order chi connectivity index (χ0) is 16.2. The van der Waals surface area contributed by atoms with Crippen LogP contribution in [-0.2, 0) is 25.3 Å². The summed E-state index contributed by atoms with van der Waals surface area (Å²) in [5.41, 5.74) is 5.87. The van der Waals surface area contributed by atoms with Crippen molar-refractivity contribution in [1.82, 2.24) is 10.2 Å². The molecule has 3 heteroatoms. The van der Waals surface area contributed by atoms with E-state index in [1.165, 1.54) is 66.0 Å². The van der Waals surface area contributed by atoms with Gasteiger partial charge >= 0.3 is 0 Å². The second kappa shape index (κ2) is 7.73. The molecule has 0 aliphatic carbocycles. The summed E-state index contributed by atoms with van der Waals surface area (Å²) in [7, 11) is 0. The lowest BCUT2D eigenvalue weighted by molar-refractivity contribution is 0.343. The van der Waals surface area contributed by atoms with E-state index in [0.29, 0.717) is 0 Å². The second-order valence-electron chi connectivity index (χ2n) is 6.90. The van der Waals surface area contributed by atoms with Crippen molar-refractivity contribution < 1.29 is 0 Å². The molecule has 0 unspecified atom stereocenters. The molecule has 24 heavy (non-hydrogen) atoms. The number of fused-ring (bicyclic) bond motifs is 1. The molecule has 1 N–H and O–H groups in total. The summed E-state index contributed by atoms with van der Waals surface area (Å²) < 4.78 is 0. The van der Waals surface area contributed by atoms with Gasteiger partial charge in [-0.2, -0.15) is 0 Å². The smallest absolute Gasteiger partial charge is 0.0232 e. The molecule has 0 atom stereocenters. The Kier molecular flexibility index (Phi) is 5.21. The predicted octanol–water partition coefficient (Wildman–Crippen LogP) is 4.22. The van der Waals surface area contributed by atoms with Gasteiger partial charge in [0.05, 0.1) is 0 Å². The first-order chi connectivity index (χ1) is 11.9. The largest absolute Gasteiger partial charge is 0.309 e. The van der Waals surface area contributed by atoms with E-state index in [2.05, 4.69) is 52.7 Å². The van der Waals surface area contributed by atoms with E-state index in [1.54, 1.807) is 0 Å². The highest BCUT2D eigenvalue weighted by Gasteiger charge is 2.14. The number of hydrogen-bond acceptors (Lipinski definition) is 3. The van der Waals surface area contributed by atoms with Gasteiger partial charge in [-0.05, 0) is 60.7 Å². The van der Waals surface area contributed by atoms with E-state index < -0.39 is 0 Å². The van der Waals surface area contributed by atoms with Gasteiger partial charge < -0.3 is 10.2 Å². The average Bonchev–Trinajstić information content (AvgIpc) is 3.30. The molecule has 0 aromatic heterocycles. The highest BCUT2D eigenvalue weighted by atomic mass is 32.2. The van der Waals surface area contributed by atoms with E-state index in [-0.39, 0.29) is 0 Å². The summed E-state index contributed by atoms with van der Waals surface area (Å²) in [5, 5.41) is 3.45. The molecule has 0 saturated carbocycles. The molecule has 2 aliphatic rings. The van der Waals surface area contributed by atoms with Crippen LogP contribution in [0.5, 0.6) is 0 Å². The lowest BCUT2D eigenvalue weighted by Crippen LogP contribution is -2.21. The van der Waals surface area contributed by atoms with Crippen molar-refractivity contribution >= 4 is 11.8 Å². The molecule has 0 bridgehead atoms. The molecule has 0 spiro atoms. The first kappa shape index (κ1) is 16.2. The third-order valence-electron chi connectivity index (χ3n) is 5.18. The Bertz CT molecular complexity index is 675. The predicted molar refractivity (Wildman–Crippen MR) is 102 cm³/mol. The van der Waals surface area contributed by atoms with Gasteiger partial charge in [-0.3, -0.25) is 0 Å². The highest BCUT2D eigenvalue weighted by molar-refractivity contribution is 7.98. The number of thioether (sulfide) groups is 1. The number of nitrogens with one attached hydrogen (secondary N) is 1. The fraction of sp³-hybridized carbons (Fsp3) is 0.429. The van der Waals surface area contributed by atoms with Gasteiger partial charge in [-0.1, -0.05) is 36.4 Å². The average molecular weight is 339 g/mol. The Morgan fingerprint density at radius 2 is 1.71 bits per heavy atom. The Hall–Kier alpha value is -1.29. The molecule has 1 fully saturated rings. The van der Waals surface area contributed by atoms with Crippen molar-refractivity contribution in [3.63, 3.8) is 0 Å². The molecule has 0 radical (unpaired) electrons. The Balaban J connectivity index is 1.31. The lowest BCUT2D eigenvalue weighted by Gasteiger charge is -2.14. The SMILES string of the molecule is c1cc2c(c(SCc3ccc(CCN4CCCC4)cc3)c1)CNC2. The standard InChI is InChI=1S/C21H26N2S/c1-2-12-23(11-1)13-10-17-6-8-18(9-7-17)16-24-21-5-3-4-19-14-22-15-20(19)21/h3-9,22H,1-2,10-16H2. The molecule has 2 aromatic rings. The van der Waals surface area contributed by atoms with E-state index >= 15 is 0 Å². The maximum atomic E-state index is 3.45. The minimum Gasteiger partial charge on any atom is -0.309 e. The van der Waals surface area contributed by atoms with Crippen molar-refractivity contribution in [2.45, 2.75) is 43.0 Å². The van der Waals surface area contributed by atoms with Gasteiger partial charge in [0.1, 0.15) is 0 Å². The minimum atomic E-state index is 1.02. The number of benzene rings is 2. The van der Waals surface area contributed by atoms with Crippen LogP contribution in [0.25, 0.3) is 0 Å². The zero-order valence-corrected chi connectivity index (χ0v) is 15.1. The van der Waals surface area contributed by atoms with E-state index in [1.807, 2.05) is 11.8 Å². The van der Waals surface area contributed by atoms with Crippen LogP contribution in [0.15, 0.2) is 47.4 Å². The van der Waals surface area contributed by atoms with Gasteiger partial charge in [0, 0.05) is 30.3 Å². The number of rotatable bonds is 6. The summed E-state index contributed by atoms with van der Waals surface area (Å²) in [4.78, 5) is 4.03. The van der Waals surface area contributed by atoms with Gasteiger partial charge in [-0.15, -0.1) is 11.8 Å². The summed E-state index contributed by atoms with van der Waals surface area (Å²) in [5.74, 6) is 1.06. The topological polar surface area (TPSA) is 15.3 Å². The monoisotopic (exact) mass is 338 g/mol. The normalized spacial score (nSPS) is 17.3. The molecule has 126 valence electrons. The molecule has 4 rings (SSSR count). The van der Waals surface area contributed by atoms with Gasteiger partial charge in [-0.25, -0.2) is 0 Å². The van der Waals surface area contributed by atoms with Crippen LogP contribution in [0, 0.1) is 0 Å². The van der Waals surface area contributed by atoms with Crippen molar-refractivity contribution in [2.75, 3.05) is 19.6 Å². The molecule has 0 amide bonds. The van der Waals surface area contributed by atoms with Crippen LogP contribution in [0.4, 0.5) is 0 Å². The highest BCUT2D eigenvalue weighted by Crippen LogP contribution is 2.30. The third kappa shape index (κ3) is 3.85. The zero-order valence-electron chi connectivity index (χ0n) is 14.3. The van der Waals surface area contributed by atoms with Crippen LogP contribution < -0.4 is 5.32 Å². The first-order valence-electron chi connectivity index (χ1n) is 9.13. The molecule has 2 heterocycles. The summed E-state index contributed by atoms with van der Waals surface area (Å²) >= 11 is 1.97. The number of nitrogens with zero attached hydrogens (tertiary/aromatic N) is 1. The number of likely N-dealkylation sites (tertiary alicyclic amines) is 1. The van der Waals surface area contributed by atoms with E-state index in [0.717, 1.165) is 18.8 Å². The Morgan fingerprint density at radius 3 is 2.54 bits per heavy atom. The molecular formula is C21H26N2S. The summed E-state index contributed by atoms with van der Waals surface area (Å²) in [6, 6.07) is 16.0. The summed E-state index contributed by atoms with van der Waals surface area (Å²) in [6.07, 6.45) is 3.95. The summed E-state index contributed by atoms with van der Waals surface area (Å²) in [6.45, 7) is 5.86. The second-order valence-corrected chi connectivity index (χ2v) is 7.92. The van der Waals surface area contributed by atoms with Crippen LogP contribution in [0.3, 0.4) is 0 Å². The molecule has 1 saturated heterocycles. The van der Waals surface area contributed by atoms with Crippen molar-refractivity contribution in [2.24, 2.45) is 0 Å². The molecular weight excluding hydrogens is 312 g/mol. The number of hydrogen-bond donors (Lipinski definition) is 1. The van der Waals surface area contributed by atoms with Crippen LogP contribution in [0.2, 0.25) is 0 Å². The fourth-order valence-corrected chi connectivity index (χ4v) is 4.76. The van der Waals surface area contributed by atoms with E-state index in [4.69, 9.17) is 0 Å². The van der Waals surface area contributed by atoms with Gasteiger partial charge in [0.15, 0.2) is 0 Å². The van der Waals surface area contributed by atoms with Gasteiger partial charge in [0.2, 0.25) is 0 Å². The van der Waals surface area contributed by atoms with E-state index in [9.17, 15) is 0 Å². The molecule has 2 nitrogen and oxygen atoms in total. The maximum Gasteiger partial charge on any atom is 0.0232 e. The third-order valence-corrected chi connectivity index (χ3v) is 6.35. The molecule has 2 aromatic carbocycles. The Morgan fingerprint density at radius 1 is 0.917 bits per heavy atom. The Labute approximate surface area is 149 Å². The maximum absolute atomic E-state index is 3.45. The van der Waals surface area contributed by atoms with Crippen LogP contribution in [-0.4, -0.2) is 24.5 Å². The van der Waals surface area contributed by atoms with Crippen molar-refractivity contribution in [3.05, 3.63) is 64.7 Å². The lowest BCUT2D eigenvalue weighted by atomic mass is 10.1. The first-order valence-corrected chi connectivity index (χ1v) is 10.1. The van der Waals surface area contributed by atoms with Crippen molar-refractivity contribution in [1.29, 1.82) is 0 Å². The molecule has 2 aliphatic heterocycles. The minimum absolute atomic E-state index is 1.02. The van der Waals surface area contributed by atoms with Crippen LogP contribution in [0.1, 0.15) is 35.1 Å². The quantitative estimate of drug-likeness (QED) is 0.794. The van der Waals surface area contributed by atoms with Crippen molar-refractivity contribution in [3.8, 4) is 0 Å². The fourth-order valence-electron chi connectivity index (χ4n) is 3.69. The van der Waals surface area contributed by atoms with Crippen LogP contribution >= 0.6 is 11.8 Å². The van der Waals surface area contributed by atoms with Gasteiger partial charge in [0.25, 0.3) is 0 Å².